The van der Waals surface area contributed by atoms with Crippen molar-refractivity contribution in [2.45, 2.75) is 64.8 Å². The second kappa shape index (κ2) is 8.76. The maximum Gasteiger partial charge on any atom is 0.223 e. The molecule has 0 spiro atoms. The van der Waals surface area contributed by atoms with E-state index in [0.29, 0.717) is 12.0 Å². The van der Waals surface area contributed by atoms with E-state index in [1.807, 2.05) is 13.8 Å². The second-order valence-electron chi connectivity index (χ2n) is 6.05. The zero-order chi connectivity index (χ0) is 16.7. The Labute approximate surface area is 143 Å². The Morgan fingerprint density at radius 3 is 2.52 bits per heavy atom. The van der Waals surface area contributed by atoms with Crippen molar-refractivity contribution < 1.29 is 0 Å². The van der Waals surface area contributed by atoms with Crippen LogP contribution in [0.4, 0.5) is 5.95 Å². The van der Waals surface area contributed by atoms with E-state index in [0.717, 1.165) is 17.0 Å². The molecule has 0 radical (unpaired) electrons. The zero-order valence-electron chi connectivity index (χ0n) is 13.9. The largest absolute Gasteiger partial charge is 0.375 e. The van der Waals surface area contributed by atoms with Crippen molar-refractivity contribution in [1.29, 1.82) is 0 Å². The van der Waals surface area contributed by atoms with Crippen LogP contribution >= 0.6 is 12.2 Å². The maximum absolute atomic E-state index is 5.38. The molecule has 126 valence electrons. The van der Waals surface area contributed by atoms with Gasteiger partial charge in [-0.3, -0.25) is 5.43 Å². The molecule has 1 heterocycles. The van der Waals surface area contributed by atoms with Gasteiger partial charge in [-0.25, -0.2) is 9.97 Å². The van der Waals surface area contributed by atoms with Gasteiger partial charge in [0.15, 0.2) is 5.11 Å². The van der Waals surface area contributed by atoms with E-state index in [4.69, 9.17) is 18.0 Å². The molecule has 0 unspecified atom stereocenters. The second-order valence-corrected chi connectivity index (χ2v) is 6.49. The molecule has 0 aliphatic heterocycles. The van der Waals surface area contributed by atoms with E-state index >= 15 is 0 Å². The van der Waals surface area contributed by atoms with Crippen LogP contribution in [0.2, 0.25) is 0 Å². The molecule has 1 saturated carbocycles. The highest BCUT2D eigenvalue weighted by Gasteiger charge is 2.13. The van der Waals surface area contributed by atoms with Crippen molar-refractivity contribution in [1.82, 2.24) is 15.4 Å². The van der Waals surface area contributed by atoms with Crippen LogP contribution in [0.25, 0.3) is 0 Å². The average Bonchev–Trinajstić information content (AvgIpc) is 2.47. The summed E-state index contributed by atoms with van der Waals surface area (Å²) in [5, 5.41) is 7.75. The fourth-order valence-electron chi connectivity index (χ4n) is 2.87. The summed E-state index contributed by atoms with van der Waals surface area (Å²) in [5.41, 5.74) is 10.5. The molecule has 23 heavy (non-hydrogen) atoms. The third kappa shape index (κ3) is 5.74. The lowest BCUT2D eigenvalue weighted by molar-refractivity contribution is 0.470. The Morgan fingerprint density at radius 2 is 1.91 bits per heavy atom. The number of aryl methyl sites for hydroxylation is 1. The Bertz CT molecular complexity index is 564. The summed E-state index contributed by atoms with van der Waals surface area (Å²) in [5.74, 6) is 0.701. The third-order valence-electron chi connectivity index (χ3n) is 4.14. The highest BCUT2D eigenvalue weighted by atomic mass is 32.1. The minimum absolute atomic E-state index is 0.144. The van der Waals surface area contributed by atoms with Gasteiger partial charge in [0, 0.05) is 17.8 Å². The first-order chi connectivity index (χ1) is 11.1. The first kappa shape index (κ1) is 17.6. The van der Waals surface area contributed by atoms with Gasteiger partial charge >= 0.3 is 0 Å². The highest BCUT2D eigenvalue weighted by molar-refractivity contribution is 7.80. The first-order valence-electron chi connectivity index (χ1n) is 8.26. The lowest BCUT2D eigenvalue weighted by Crippen LogP contribution is -2.25. The SMILES string of the molecule is C/C(=N/NC(N)=S)c1cnc(NC2CCCCCCC2)nc1C. The van der Waals surface area contributed by atoms with Gasteiger partial charge in [0.05, 0.1) is 11.4 Å². The Hall–Kier alpha value is -1.76. The van der Waals surface area contributed by atoms with Crippen LogP contribution in [-0.2, 0) is 0 Å². The molecule has 1 aromatic heterocycles. The van der Waals surface area contributed by atoms with Crippen molar-refractivity contribution in [3.63, 3.8) is 0 Å². The van der Waals surface area contributed by atoms with Gasteiger partial charge < -0.3 is 11.1 Å². The summed E-state index contributed by atoms with van der Waals surface area (Å²) in [6.45, 7) is 3.83. The van der Waals surface area contributed by atoms with Crippen LogP contribution in [0, 0.1) is 6.92 Å². The van der Waals surface area contributed by atoms with Crippen LogP contribution in [0.1, 0.15) is 63.1 Å². The molecule has 1 aromatic rings. The number of nitrogens with zero attached hydrogens (tertiary/aromatic N) is 3. The number of rotatable bonds is 4. The van der Waals surface area contributed by atoms with E-state index in [1.165, 1.54) is 44.9 Å². The smallest absolute Gasteiger partial charge is 0.223 e. The molecule has 1 fully saturated rings. The molecule has 0 saturated heterocycles. The third-order valence-corrected chi connectivity index (χ3v) is 4.23. The number of nitrogens with two attached hydrogens (primary N) is 1. The predicted octanol–water partition coefficient (Wildman–Crippen LogP) is 2.87. The molecular formula is C16H26N6S. The normalized spacial score (nSPS) is 17.2. The number of thiocarbonyl (C=S) groups is 1. The monoisotopic (exact) mass is 334 g/mol. The lowest BCUT2D eigenvalue weighted by Gasteiger charge is -2.21. The van der Waals surface area contributed by atoms with Crippen LogP contribution in [0.15, 0.2) is 11.3 Å². The van der Waals surface area contributed by atoms with Crippen molar-refractivity contribution >= 4 is 29.0 Å². The number of hydrogen-bond donors (Lipinski definition) is 3. The van der Waals surface area contributed by atoms with Gasteiger partial charge in [0.1, 0.15) is 0 Å². The van der Waals surface area contributed by atoms with Crippen LogP contribution in [-0.4, -0.2) is 26.8 Å². The fraction of sp³-hybridized carbons (Fsp3) is 0.625. The number of nitrogens with one attached hydrogen (secondary N) is 2. The van der Waals surface area contributed by atoms with Gasteiger partial charge in [-0.2, -0.15) is 5.10 Å². The summed E-state index contributed by atoms with van der Waals surface area (Å²) in [6.07, 6.45) is 10.8. The van der Waals surface area contributed by atoms with Crippen molar-refractivity contribution in [2.75, 3.05) is 5.32 Å². The summed E-state index contributed by atoms with van der Waals surface area (Å²) in [7, 11) is 0. The number of aromatic nitrogens is 2. The topological polar surface area (TPSA) is 88.2 Å². The molecule has 0 aromatic carbocycles. The summed E-state index contributed by atoms with van der Waals surface area (Å²) < 4.78 is 0. The molecular weight excluding hydrogens is 308 g/mol. The van der Waals surface area contributed by atoms with Crippen molar-refractivity contribution in [3.05, 3.63) is 17.5 Å². The molecule has 1 aliphatic rings. The average molecular weight is 334 g/mol. The molecule has 7 heteroatoms. The van der Waals surface area contributed by atoms with Crippen molar-refractivity contribution in [3.8, 4) is 0 Å². The Balaban J connectivity index is 2.03. The van der Waals surface area contributed by atoms with E-state index in [-0.39, 0.29) is 5.11 Å². The van der Waals surface area contributed by atoms with Crippen molar-refractivity contribution in [2.24, 2.45) is 10.8 Å². The standard InChI is InChI=1S/C16H26N6S/c1-11-14(12(2)21-22-15(17)23)10-18-16(19-11)20-13-8-6-4-3-5-7-9-13/h10,13H,3-9H2,1-2H3,(H3,17,22,23)(H,18,19,20)/b21-12-. The number of anilines is 1. The minimum atomic E-state index is 0.144. The maximum atomic E-state index is 5.38. The predicted molar refractivity (Wildman–Crippen MR) is 98.6 cm³/mol. The van der Waals surface area contributed by atoms with E-state index in [2.05, 4.69) is 25.8 Å². The first-order valence-corrected chi connectivity index (χ1v) is 8.67. The van der Waals surface area contributed by atoms with Gasteiger partial charge in [0.25, 0.3) is 0 Å². The van der Waals surface area contributed by atoms with Gasteiger partial charge in [-0.15, -0.1) is 0 Å². The van der Waals surface area contributed by atoms with Crippen LogP contribution in [0.5, 0.6) is 0 Å². The number of hydrazone groups is 1. The summed E-state index contributed by atoms with van der Waals surface area (Å²) in [4.78, 5) is 9.02. The van der Waals surface area contributed by atoms with Gasteiger partial charge in [0.2, 0.25) is 5.95 Å². The quantitative estimate of drug-likeness (QED) is 0.446. The van der Waals surface area contributed by atoms with E-state index in [1.54, 1.807) is 6.20 Å². The summed E-state index contributed by atoms with van der Waals surface area (Å²) >= 11 is 4.75. The molecule has 0 bridgehead atoms. The molecule has 4 N–H and O–H groups in total. The molecule has 6 nitrogen and oxygen atoms in total. The highest BCUT2D eigenvalue weighted by Crippen LogP contribution is 2.19. The van der Waals surface area contributed by atoms with E-state index in [9.17, 15) is 0 Å². The molecule has 0 atom stereocenters. The lowest BCUT2D eigenvalue weighted by atomic mass is 9.97. The van der Waals surface area contributed by atoms with E-state index < -0.39 is 0 Å². The molecule has 1 aliphatic carbocycles. The molecule has 2 rings (SSSR count). The van der Waals surface area contributed by atoms with Gasteiger partial charge in [-0.05, 0) is 38.9 Å². The Kier molecular flexibility index (Phi) is 6.70. The summed E-state index contributed by atoms with van der Waals surface area (Å²) in [6, 6.07) is 0.478. The fourth-order valence-corrected chi connectivity index (χ4v) is 2.92. The molecule has 0 amide bonds. The van der Waals surface area contributed by atoms with Crippen LogP contribution in [0.3, 0.4) is 0 Å². The van der Waals surface area contributed by atoms with Crippen LogP contribution < -0.4 is 16.5 Å². The Morgan fingerprint density at radius 1 is 1.26 bits per heavy atom. The minimum Gasteiger partial charge on any atom is -0.375 e. The number of hydrogen-bond acceptors (Lipinski definition) is 5. The van der Waals surface area contributed by atoms with Gasteiger partial charge in [-0.1, -0.05) is 32.1 Å². The zero-order valence-corrected chi connectivity index (χ0v) is 14.7.